The Morgan fingerprint density at radius 3 is 2.94 bits per heavy atom. The Hall–Kier alpha value is -1.53. The van der Waals surface area contributed by atoms with Gasteiger partial charge in [-0.1, -0.05) is 0 Å². The van der Waals surface area contributed by atoms with E-state index in [4.69, 9.17) is 20.9 Å². The van der Waals surface area contributed by atoms with Crippen LogP contribution >= 0.6 is 0 Å². The Labute approximate surface area is 93.9 Å². The molecule has 0 spiro atoms. The number of nitrogens with zero attached hydrogens (tertiary/aromatic N) is 1. The van der Waals surface area contributed by atoms with E-state index in [1.54, 1.807) is 12.1 Å². The molecule has 1 unspecified atom stereocenters. The van der Waals surface area contributed by atoms with Gasteiger partial charge in [-0.25, -0.2) is 4.98 Å². The normalized spacial score (nSPS) is 20.6. The van der Waals surface area contributed by atoms with Gasteiger partial charge in [0.2, 0.25) is 0 Å². The summed E-state index contributed by atoms with van der Waals surface area (Å²) in [6.07, 6.45) is 0.0642. The molecule has 1 atom stereocenters. The molecular weight excluding hydrogens is 208 g/mol. The summed E-state index contributed by atoms with van der Waals surface area (Å²) in [6, 6.07) is 3.51. The van der Waals surface area contributed by atoms with E-state index in [0.717, 1.165) is 0 Å². The molecule has 1 aromatic heterocycles. The molecule has 6 nitrogen and oxygen atoms in total. The van der Waals surface area contributed by atoms with Crippen LogP contribution in [0.2, 0.25) is 0 Å². The van der Waals surface area contributed by atoms with Crippen LogP contribution in [0.3, 0.4) is 0 Å². The summed E-state index contributed by atoms with van der Waals surface area (Å²) in [5.41, 5.74) is 11.7. The molecular formula is C10H16N4O2. The van der Waals surface area contributed by atoms with Crippen molar-refractivity contribution in [3.8, 4) is 0 Å². The fraction of sp³-hybridized carbons (Fsp3) is 0.500. The Morgan fingerprint density at radius 1 is 1.38 bits per heavy atom. The Morgan fingerprint density at radius 2 is 2.25 bits per heavy atom. The van der Waals surface area contributed by atoms with Crippen molar-refractivity contribution >= 4 is 17.3 Å². The molecule has 1 aliphatic heterocycles. The number of ether oxygens (including phenoxy) is 2. The molecule has 16 heavy (non-hydrogen) atoms. The van der Waals surface area contributed by atoms with Crippen LogP contribution in [0, 0.1) is 0 Å². The molecule has 0 saturated carbocycles. The molecule has 1 fully saturated rings. The van der Waals surface area contributed by atoms with Crippen molar-refractivity contribution in [3.63, 3.8) is 0 Å². The minimum atomic E-state index is 0.0642. The SMILES string of the molecule is Nc1ccc(NCC2COCCO2)nc1N. The van der Waals surface area contributed by atoms with E-state index in [0.29, 0.717) is 43.7 Å². The van der Waals surface area contributed by atoms with Crippen LogP contribution in [-0.2, 0) is 9.47 Å². The lowest BCUT2D eigenvalue weighted by Crippen LogP contribution is -2.34. The van der Waals surface area contributed by atoms with Crippen LogP contribution in [0.5, 0.6) is 0 Å². The summed E-state index contributed by atoms with van der Waals surface area (Å²) < 4.78 is 10.8. The van der Waals surface area contributed by atoms with E-state index >= 15 is 0 Å². The van der Waals surface area contributed by atoms with Gasteiger partial charge in [0.25, 0.3) is 0 Å². The number of nitrogens with two attached hydrogens (primary N) is 2. The van der Waals surface area contributed by atoms with E-state index < -0.39 is 0 Å². The molecule has 5 N–H and O–H groups in total. The quantitative estimate of drug-likeness (QED) is 0.672. The largest absolute Gasteiger partial charge is 0.396 e. The topological polar surface area (TPSA) is 95.4 Å². The maximum atomic E-state index is 5.60. The second-order valence-corrected chi connectivity index (χ2v) is 3.62. The van der Waals surface area contributed by atoms with Crippen LogP contribution in [-0.4, -0.2) is 37.5 Å². The van der Waals surface area contributed by atoms with Crippen LogP contribution in [0.15, 0.2) is 12.1 Å². The van der Waals surface area contributed by atoms with Crippen molar-refractivity contribution in [2.75, 3.05) is 43.1 Å². The summed E-state index contributed by atoms with van der Waals surface area (Å²) in [4.78, 5) is 4.10. The standard InChI is InChI=1S/C10H16N4O2/c11-8-1-2-9(14-10(8)12)13-5-7-6-15-3-4-16-7/h1-2,7H,3-6,11H2,(H3,12,13,14). The molecule has 0 bridgehead atoms. The number of rotatable bonds is 3. The number of aromatic nitrogens is 1. The first-order valence-corrected chi connectivity index (χ1v) is 5.21. The van der Waals surface area contributed by atoms with E-state index in [-0.39, 0.29) is 6.10 Å². The second kappa shape index (κ2) is 5.00. The molecule has 1 saturated heterocycles. The molecule has 1 aromatic rings. The lowest BCUT2D eigenvalue weighted by atomic mass is 10.3. The summed E-state index contributed by atoms with van der Waals surface area (Å²) >= 11 is 0. The molecule has 88 valence electrons. The third-order valence-electron chi connectivity index (χ3n) is 2.35. The molecule has 2 rings (SSSR count). The number of hydrogen-bond acceptors (Lipinski definition) is 6. The lowest BCUT2D eigenvalue weighted by molar-refractivity contribution is -0.0819. The minimum Gasteiger partial charge on any atom is -0.396 e. The van der Waals surface area contributed by atoms with Crippen LogP contribution < -0.4 is 16.8 Å². The minimum absolute atomic E-state index is 0.0642. The number of nitrogen functional groups attached to an aromatic ring is 2. The van der Waals surface area contributed by atoms with Gasteiger partial charge in [-0.15, -0.1) is 0 Å². The Balaban J connectivity index is 1.86. The highest BCUT2D eigenvalue weighted by Crippen LogP contribution is 2.14. The van der Waals surface area contributed by atoms with E-state index in [2.05, 4.69) is 10.3 Å². The van der Waals surface area contributed by atoms with Crippen molar-refractivity contribution in [3.05, 3.63) is 12.1 Å². The monoisotopic (exact) mass is 224 g/mol. The van der Waals surface area contributed by atoms with E-state index in [9.17, 15) is 0 Å². The van der Waals surface area contributed by atoms with Gasteiger partial charge in [0.05, 0.1) is 31.6 Å². The van der Waals surface area contributed by atoms with Gasteiger partial charge in [0.1, 0.15) is 11.6 Å². The molecule has 0 aliphatic carbocycles. The van der Waals surface area contributed by atoms with Crippen molar-refractivity contribution < 1.29 is 9.47 Å². The smallest absolute Gasteiger partial charge is 0.149 e. The molecule has 2 heterocycles. The van der Waals surface area contributed by atoms with Crippen LogP contribution in [0.4, 0.5) is 17.3 Å². The zero-order chi connectivity index (χ0) is 11.4. The maximum absolute atomic E-state index is 5.60. The van der Waals surface area contributed by atoms with Gasteiger partial charge in [-0.3, -0.25) is 0 Å². The lowest BCUT2D eigenvalue weighted by Gasteiger charge is -2.23. The molecule has 6 heteroatoms. The molecule has 0 aromatic carbocycles. The first-order valence-electron chi connectivity index (χ1n) is 5.21. The van der Waals surface area contributed by atoms with E-state index in [1.807, 2.05) is 0 Å². The zero-order valence-electron chi connectivity index (χ0n) is 8.98. The van der Waals surface area contributed by atoms with Gasteiger partial charge in [-0.05, 0) is 12.1 Å². The highest BCUT2D eigenvalue weighted by Gasteiger charge is 2.13. The summed E-state index contributed by atoms with van der Waals surface area (Å²) in [5.74, 6) is 1.03. The third kappa shape index (κ3) is 2.74. The first kappa shape index (κ1) is 11.0. The third-order valence-corrected chi connectivity index (χ3v) is 2.35. The Bertz CT molecular complexity index is 353. The summed E-state index contributed by atoms with van der Waals surface area (Å²) in [6.45, 7) is 2.57. The summed E-state index contributed by atoms with van der Waals surface area (Å²) in [5, 5.41) is 3.13. The average molecular weight is 224 g/mol. The fourth-order valence-corrected chi connectivity index (χ4v) is 1.46. The van der Waals surface area contributed by atoms with Gasteiger partial charge >= 0.3 is 0 Å². The van der Waals surface area contributed by atoms with Crippen LogP contribution in [0.1, 0.15) is 0 Å². The van der Waals surface area contributed by atoms with Gasteiger partial charge in [0.15, 0.2) is 0 Å². The van der Waals surface area contributed by atoms with Gasteiger partial charge < -0.3 is 26.3 Å². The summed E-state index contributed by atoms with van der Waals surface area (Å²) in [7, 11) is 0. The number of anilines is 3. The zero-order valence-corrected chi connectivity index (χ0v) is 8.98. The highest BCUT2D eigenvalue weighted by molar-refractivity contribution is 5.61. The van der Waals surface area contributed by atoms with Crippen molar-refractivity contribution in [1.82, 2.24) is 4.98 Å². The van der Waals surface area contributed by atoms with Crippen molar-refractivity contribution in [1.29, 1.82) is 0 Å². The highest BCUT2D eigenvalue weighted by atomic mass is 16.6. The molecule has 1 aliphatic rings. The predicted molar refractivity (Wildman–Crippen MR) is 62.1 cm³/mol. The molecule has 0 radical (unpaired) electrons. The van der Waals surface area contributed by atoms with E-state index in [1.165, 1.54) is 0 Å². The second-order valence-electron chi connectivity index (χ2n) is 3.62. The maximum Gasteiger partial charge on any atom is 0.149 e. The van der Waals surface area contributed by atoms with Crippen molar-refractivity contribution in [2.24, 2.45) is 0 Å². The van der Waals surface area contributed by atoms with Gasteiger partial charge in [-0.2, -0.15) is 0 Å². The first-order chi connectivity index (χ1) is 7.75. The number of pyridine rings is 1. The van der Waals surface area contributed by atoms with Crippen LogP contribution in [0.25, 0.3) is 0 Å². The number of nitrogens with one attached hydrogen (secondary N) is 1. The average Bonchev–Trinajstić information content (AvgIpc) is 2.32. The fourth-order valence-electron chi connectivity index (χ4n) is 1.46. The number of hydrogen-bond donors (Lipinski definition) is 3. The Kier molecular flexibility index (Phi) is 3.43. The van der Waals surface area contributed by atoms with Gasteiger partial charge in [0, 0.05) is 6.54 Å². The predicted octanol–water partition coefficient (Wildman–Crippen LogP) is 0.0733. The molecule has 0 amide bonds. The van der Waals surface area contributed by atoms with Crippen molar-refractivity contribution in [2.45, 2.75) is 6.10 Å².